The van der Waals surface area contributed by atoms with E-state index in [9.17, 15) is 0 Å². The lowest BCUT2D eigenvalue weighted by Gasteiger charge is -2.25. The van der Waals surface area contributed by atoms with Gasteiger partial charge in [-0.15, -0.1) is 0 Å². The molecule has 0 amide bonds. The van der Waals surface area contributed by atoms with Crippen molar-refractivity contribution in [1.29, 1.82) is 0 Å². The molecule has 3 heteroatoms. The second kappa shape index (κ2) is 10.9. The summed E-state index contributed by atoms with van der Waals surface area (Å²) in [6, 6.07) is 20.4. The van der Waals surface area contributed by atoms with Crippen LogP contribution < -0.4 is 14.8 Å². The first-order valence-electron chi connectivity index (χ1n) is 13.8. The van der Waals surface area contributed by atoms with Gasteiger partial charge in [-0.25, -0.2) is 4.58 Å². The predicted molar refractivity (Wildman–Crippen MR) is 156 cm³/mol. The molecule has 0 aromatic heterocycles. The van der Waals surface area contributed by atoms with Crippen LogP contribution in [0.25, 0.3) is 33.4 Å². The Morgan fingerprint density at radius 2 is 1.39 bits per heavy atom. The number of anilines is 1. The zero-order chi connectivity index (χ0) is 26.0. The highest BCUT2D eigenvalue weighted by Gasteiger charge is 2.24. The summed E-state index contributed by atoms with van der Waals surface area (Å²) < 4.78 is 9.10. The molecule has 0 bridgehead atoms. The number of hydrogen-bond donors (Lipinski definition) is 0. The van der Waals surface area contributed by atoms with Gasteiger partial charge >= 0.3 is 0 Å². The van der Waals surface area contributed by atoms with Crippen LogP contribution in [0.3, 0.4) is 0 Å². The molecule has 0 radical (unpaired) electrons. The Morgan fingerprint density at radius 1 is 0.750 bits per heavy atom. The highest BCUT2D eigenvalue weighted by molar-refractivity contribution is 6.04. The molecule has 0 saturated heterocycles. The van der Waals surface area contributed by atoms with Gasteiger partial charge in [-0.3, -0.25) is 0 Å². The Hall–Kier alpha value is -3.07. The van der Waals surface area contributed by atoms with E-state index < -0.39 is 0 Å². The first-order chi connectivity index (χ1) is 17.3. The molecule has 2 aromatic carbocycles. The van der Waals surface area contributed by atoms with Crippen LogP contribution in [0.15, 0.2) is 59.0 Å². The van der Waals surface area contributed by atoms with Crippen molar-refractivity contribution in [2.24, 2.45) is 0 Å². The molecule has 0 saturated carbocycles. The molecular formula is C33H43N2O+. The number of hydrogen-bond acceptors (Lipinski definition) is 2. The fourth-order valence-electron chi connectivity index (χ4n) is 5.55. The number of rotatable bonds is 8. The summed E-state index contributed by atoms with van der Waals surface area (Å²) in [5, 5.41) is 2.40. The number of nitrogens with zero attached hydrogens (tertiary/aromatic N) is 2. The molecule has 1 aliphatic heterocycles. The van der Waals surface area contributed by atoms with Gasteiger partial charge in [-0.1, -0.05) is 45.9 Å². The molecule has 4 rings (SSSR count). The van der Waals surface area contributed by atoms with Crippen LogP contribution in [0.2, 0.25) is 0 Å². The maximum atomic E-state index is 6.72. The third-order valence-corrected chi connectivity index (χ3v) is 7.57. The molecule has 0 fully saturated rings. The normalized spacial score (nSPS) is 11.7. The maximum absolute atomic E-state index is 6.72. The lowest BCUT2D eigenvalue weighted by molar-refractivity contribution is 0.604. The molecule has 2 aromatic rings. The first-order valence-corrected chi connectivity index (χ1v) is 13.8. The molecule has 0 spiro atoms. The molecule has 36 heavy (non-hydrogen) atoms. The highest BCUT2D eigenvalue weighted by Crippen LogP contribution is 2.46. The third kappa shape index (κ3) is 4.68. The van der Waals surface area contributed by atoms with Crippen molar-refractivity contribution in [2.45, 2.75) is 67.2 Å². The minimum Gasteiger partial charge on any atom is -0.456 e. The van der Waals surface area contributed by atoms with Gasteiger partial charge in [0.25, 0.3) is 0 Å². The molecule has 0 N–H and O–H groups in total. The fraction of sp³-hybridized carbons (Fsp3) is 0.424. The molecule has 0 atom stereocenters. The van der Waals surface area contributed by atoms with Crippen LogP contribution in [0.4, 0.5) is 5.69 Å². The Kier molecular flexibility index (Phi) is 7.88. The van der Waals surface area contributed by atoms with E-state index in [1.165, 1.54) is 44.2 Å². The van der Waals surface area contributed by atoms with Gasteiger partial charge in [-0.2, -0.15) is 0 Å². The van der Waals surface area contributed by atoms with Crippen molar-refractivity contribution >= 4 is 16.7 Å². The van der Waals surface area contributed by atoms with Gasteiger partial charge in [-0.05, 0) is 74.4 Å². The topological polar surface area (TPSA) is 19.4 Å². The summed E-state index contributed by atoms with van der Waals surface area (Å²) in [5.41, 5.74) is 8.82. The summed E-state index contributed by atoms with van der Waals surface area (Å²) in [5.74, 6) is 1.79. The SMILES string of the molecule is CCN(CC)c1ccc2c(-c3c(C(C)C)cccc3C(C)C)c3ccc(=[N+](CC)CC)cc-3oc2c1. The third-order valence-electron chi connectivity index (χ3n) is 7.57. The average molecular weight is 484 g/mol. The summed E-state index contributed by atoms with van der Waals surface area (Å²) >= 11 is 0. The Bertz CT molecular complexity index is 1360. The molecule has 3 nitrogen and oxygen atoms in total. The molecule has 1 aliphatic carbocycles. The molecule has 190 valence electrons. The zero-order valence-corrected chi connectivity index (χ0v) is 23.5. The predicted octanol–water partition coefficient (Wildman–Crippen LogP) is 8.11. The van der Waals surface area contributed by atoms with Gasteiger partial charge in [0.1, 0.15) is 24.4 Å². The summed E-state index contributed by atoms with van der Waals surface area (Å²) in [6.45, 7) is 21.9. The van der Waals surface area contributed by atoms with E-state index in [1.54, 1.807) is 0 Å². The van der Waals surface area contributed by atoms with Crippen molar-refractivity contribution in [2.75, 3.05) is 31.1 Å². The smallest absolute Gasteiger partial charge is 0.203 e. The van der Waals surface area contributed by atoms with Crippen LogP contribution in [0, 0.1) is 0 Å². The van der Waals surface area contributed by atoms with Crippen molar-refractivity contribution in [3.8, 4) is 22.5 Å². The Labute approximate surface area is 217 Å². The van der Waals surface area contributed by atoms with Crippen molar-refractivity contribution < 1.29 is 4.42 Å². The summed E-state index contributed by atoms with van der Waals surface area (Å²) in [4.78, 5) is 2.38. The zero-order valence-electron chi connectivity index (χ0n) is 23.5. The van der Waals surface area contributed by atoms with E-state index in [-0.39, 0.29) is 0 Å². The maximum Gasteiger partial charge on any atom is 0.203 e. The van der Waals surface area contributed by atoms with Gasteiger partial charge in [0.15, 0.2) is 0 Å². The second-order valence-corrected chi connectivity index (χ2v) is 10.3. The lowest BCUT2D eigenvalue weighted by Crippen LogP contribution is -2.29. The van der Waals surface area contributed by atoms with Crippen LogP contribution in [-0.4, -0.2) is 26.2 Å². The van der Waals surface area contributed by atoms with E-state index in [2.05, 4.69) is 119 Å². The number of fused-ring (bicyclic) bond motifs is 2. The van der Waals surface area contributed by atoms with Crippen LogP contribution in [-0.2, 0) is 0 Å². The first kappa shape index (κ1) is 26.0. The largest absolute Gasteiger partial charge is 0.456 e. The van der Waals surface area contributed by atoms with Gasteiger partial charge in [0.2, 0.25) is 5.36 Å². The Morgan fingerprint density at radius 3 is 1.94 bits per heavy atom. The second-order valence-electron chi connectivity index (χ2n) is 10.3. The molecule has 1 heterocycles. The highest BCUT2D eigenvalue weighted by atomic mass is 16.3. The van der Waals surface area contributed by atoms with Crippen LogP contribution >= 0.6 is 0 Å². The molecular weight excluding hydrogens is 440 g/mol. The van der Waals surface area contributed by atoms with E-state index in [1.807, 2.05) is 0 Å². The summed E-state index contributed by atoms with van der Waals surface area (Å²) in [6.07, 6.45) is 0. The van der Waals surface area contributed by atoms with E-state index in [0.29, 0.717) is 11.8 Å². The van der Waals surface area contributed by atoms with Gasteiger partial charge < -0.3 is 9.32 Å². The van der Waals surface area contributed by atoms with E-state index >= 15 is 0 Å². The van der Waals surface area contributed by atoms with Gasteiger partial charge in [0, 0.05) is 47.4 Å². The summed E-state index contributed by atoms with van der Waals surface area (Å²) in [7, 11) is 0. The van der Waals surface area contributed by atoms with Crippen molar-refractivity contribution in [3.63, 3.8) is 0 Å². The standard InChI is InChI=1S/C33H43N2O/c1-9-34(10-2)24-16-18-28-30(20-24)36-31-21-25(35(11-3)12-4)17-19-29(31)33(28)32-26(22(5)6)14-13-15-27(32)23(7)8/h13-23H,9-12H2,1-8H3/q+1. The molecule has 2 aliphatic rings. The van der Waals surface area contributed by atoms with E-state index in [0.717, 1.165) is 37.5 Å². The number of benzene rings is 3. The lowest BCUT2D eigenvalue weighted by atomic mass is 9.81. The fourth-order valence-corrected chi connectivity index (χ4v) is 5.55. The van der Waals surface area contributed by atoms with Crippen LogP contribution in [0.5, 0.6) is 0 Å². The van der Waals surface area contributed by atoms with Gasteiger partial charge in [0.05, 0.1) is 6.07 Å². The minimum atomic E-state index is 0.422. The Balaban J connectivity index is 2.20. The van der Waals surface area contributed by atoms with Crippen LogP contribution in [0.1, 0.15) is 78.4 Å². The van der Waals surface area contributed by atoms with Crippen molar-refractivity contribution in [1.82, 2.24) is 4.58 Å². The minimum absolute atomic E-state index is 0.422. The molecule has 0 unspecified atom stereocenters. The average Bonchev–Trinajstić information content (AvgIpc) is 2.88. The van der Waals surface area contributed by atoms with E-state index in [4.69, 9.17) is 4.42 Å². The monoisotopic (exact) mass is 483 g/mol. The quantitative estimate of drug-likeness (QED) is 0.186. The van der Waals surface area contributed by atoms with Crippen molar-refractivity contribution in [3.05, 3.63) is 71.1 Å².